The van der Waals surface area contributed by atoms with E-state index in [0.717, 1.165) is 40.2 Å². The number of methoxy groups -OCH3 is 1. The number of benzene rings is 1. The van der Waals surface area contributed by atoms with Gasteiger partial charge in [0, 0.05) is 31.2 Å². The van der Waals surface area contributed by atoms with Gasteiger partial charge in [0.15, 0.2) is 0 Å². The van der Waals surface area contributed by atoms with Gasteiger partial charge in [0.05, 0.1) is 7.11 Å². The number of nitrogens with zero attached hydrogens (tertiary/aromatic N) is 2. The second-order valence-electron chi connectivity index (χ2n) is 6.87. The fourth-order valence-corrected chi connectivity index (χ4v) is 3.68. The molecule has 146 valence electrons. The molecule has 2 heterocycles. The Kier molecular flexibility index (Phi) is 6.14. The number of amides is 1. The van der Waals surface area contributed by atoms with Crippen LogP contribution in [0.2, 0.25) is 0 Å². The number of pyridine rings is 1. The molecule has 2 aromatic heterocycles. The van der Waals surface area contributed by atoms with E-state index < -0.39 is 0 Å². The van der Waals surface area contributed by atoms with Crippen LogP contribution in [0, 0.1) is 13.8 Å². The Morgan fingerprint density at radius 3 is 2.64 bits per heavy atom. The van der Waals surface area contributed by atoms with Gasteiger partial charge in [-0.2, -0.15) is 0 Å². The summed E-state index contributed by atoms with van der Waals surface area (Å²) in [6, 6.07) is 11.8. The van der Waals surface area contributed by atoms with E-state index in [-0.39, 0.29) is 5.91 Å². The predicted molar refractivity (Wildman–Crippen MR) is 111 cm³/mol. The van der Waals surface area contributed by atoms with Crippen LogP contribution in [0.5, 0.6) is 5.75 Å². The fraction of sp³-hybridized carbons (Fsp3) is 0.304. The van der Waals surface area contributed by atoms with Gasteiger partial charge in [-0.15, -0.1) is 0 Å². The third kappa shape index (κ3) is 4.09. The number of aromatic nitrogens is 2. The van der Waals surface area contributed by atoms with Gasteiger partial charge < -0.3 is 14.6 Å². The number of ether oxygens (including phenoxy) is 1. The lowest BCUT2D eigenvalue weighted by molar-refractivity contribution is 0.0941. The molecule has 28 heavy (non-hydrogen) atoms. The molecule has 1 N–H and O–H groups in total. The molecule has 0 spiro atoms. The lowest BCUT2D eigenvalue weighted by Gasteiger charge is -2.14. The van der Waals surface area contributed by atoms with Gasteiger partial charge in [-0.3, -0.25) is 9.78 Å². The third-order valence-electron chi connectivity index (χ3n) is 5.14. The molecule has 0 fully saturated rings. The molecule has 0 atom stereocenters. The number of hydrogen-bond acceptors (Lipinski definition) is 3. The van der Waals surface area contributed by atoms with Crippen molar-refractivity contribution in [3.8, 4) is 5.75 Å². The molecule has 5 heteroatoms. The first-order chi connectivity index (χ1) is 13.5. The lowest BCUT2D eigenvalue weighted by atomic mass is 10.1. The highest BCUT2D eigenvalue weighted by molar-refractivity contribution is 5.95. The minimum Gasteiger partial charge on any atom is -0.497 e. The zero-order chi connectivity index (χ0) is 20.1. The number of carbonyl (C=O) groups excluding carboxylic acids is 1. The topological polar surface area (TPSA) is 56.2 Å². The zero-order valence-electron chi connectivity index (χ0n) is 17.0. The van der Waals surface area contributed by atoms with E-state index in [2.05, 4.69) is 34.8 Å². The van der Waals surface area contributed by atoms with E-state index in [4.69, 9.17) is 4.74 Å². The summed E-state index contributed by atoms with van der Waals surface area (Å²) < 4.78 is 7.46. The van der Waals surface area contributed by atoms with Crippen LogP contribution in [0.3, 0.4) is 0 Å². The van der Waals surface area contributed by atoms with Crippen molar-refractivity contribution in [2.45, 2.75) is 40.3 Å². The molecule has 3 aromatic rings. The minimum absolute atomic E-state index is 0.0629. The molecular formula is C23H27N3O2. The minimum atomic E-state index is -0.0629. The Balaban J connectivity index is 1.91. The first-order valence-corrected chi connectivity index (χ1v) is 9.53. The molecular weight excluding hydrogens is 350 g/mol. The van der Waals surface area contributed by atoms with Gasteiger partial charge >= 0.3 is 0 Å². The van der Waals surface area contributed by atoms with Crippen molar-refractivity contribution < 1.29 is 9.53 Å². The van der Waals surface area contributed by atoms with Crippen LogP contribution in [0.15, 0.2) is 48.8 Å². The molecule has 0 aliphatic carbocycles. The van der Waals surface area contributed by atoms with Gasteiger partial charge in [0.1, 0.15) is 11.4 Å². The summed E-state index contributed by atoms with van der Waals surface area (Å²) in [5, 5.41) is 3.04. The maximum atomic E-state index is 13.1. The standard InChI is InChI=1S/C23H27N3O2/c1-5-21-16(2)22(23(27)25-14-19-9-7-11-24-13-19)26(17(21)3)15-18-8-6-10-20(12-18)28-4/h6-13H,5,14-15H2,1-4H3,(H,25,27). The molecule has 0 unspecified atom stereocenters. The van der Waals surface area contributed by atoms with Crippen molar-refractivity contribution >= 4 is 5.91 Å². The predicted octanol–water partition coefficient (Wildman–Crippen LogP) is 4.05. The monoisotopic (exact) mass is 377 g/mol. The third-order valence-corrected chi connectivity index (χ3v) is 5.14. The van der Waals surface area contributed by atoms with Crippen molar-refractivity contribution in [3.63, 3.8) is 0 Å². The van der Waals surface area contributed by atoms with E-state index in [1.807, 2.05) is 37.3 Å². The first-order valence-electron chi connectivity index (χ1n) is 9.53. The lowest BCUT2D eigenvalue weighted by Crippen LogP contribution is -2.26. The number of rotatable bonds is 7. The summed E-state index contributed by atoms with van der Waals surface area (Å²) >= 11 is 0. The summed E-state index contributed by atoms with van der Waals surface area (Å²) in [4.78, 5) is 17.2. The summed E-state index contributed by atoms with van der Waals surface area (Å²) in [5.74, 6) is 0.754. The van der Waals surface area contributed by atoms with Crippen LogP contribution in [0.4, 0.5) is 0 Å². The van der Waals surface area contributed by atoms with Crippen LogP contribution in [0.25, 0.3) is 0 Å². The highest BCUT2D eigenvalue weighted by Gasteiger charge is 2.22. The van der Waals surface area contributed by atoms with E-state index in [0.29, 0.717) is 13.1 Å². The summed E-state index contributed by atoms with van der Waals surface area (Å²) in [7, 11) is 1.66. The molecule has 0 aliphatic heterocycles. The molecule has 0 saturated carbocycles. The average molecular weight is 377 g/mol. The van der Waals surface area contributed by atoms with E-state index in [1.165, 1.54) is 5.56 Å². The van der Waals surface area contributed by atoms with Crippen LogP contribution >= 0.6 is 0 Å². The molecule has 1 aromatic carbocycles. The average Bonchev–Trinajstić information content (AvgIpc) is 2.96. The molecule has 5 nitrogen and oxygen atoms in total. The van der Waals surface area contributed by atoms with E-state index in [9.17, 15) is 4.79 Å². The van der Waals surface area contributed by atoms with Gasteiger partial charge in [-0.25, -0.2) is 0 Å². The first kappa shape index (κ1) is 19.7. The SMILES string of the molecule is CCc1c(C)c(C(=O)NCc2cccnc2)n(Cc2cccc(OC)c2)c1C. The highest BCUT2D eigenvalue weighted by Crippen LogP contribution is 2.25. The summed E-state index contributed by atoms with van der Waals surface area (Å²) in [6.07, 6.45) is 4.39. The zero-order valence-corrected chi connectivity index (χ0v) is 17.0. The Bertz CT molecular complexity index is 961. The Morgan fingerprint density at radius 1 is 1.18 bits per heavy atom. The van der Waals surface area contributed by atoms with Crippen molar-refractivity contribution in [3.05, 3.63) is 82.4 Å². The largest absolute Gasteiger partial charge is 0.497 e. The van der Waals surface area contributed by atoms with Gasteiger partial charge in [-0.1, -0.05) is 25.1 Å². The summed E-state index contributed by atoms with van der Waals surface area (Å²) in [5.41, 5.74) is 6.21. The van der Waals surface area contributed by atoms with Crippen molar-refractivity contribution in [2.24, 2.45) is 0 Å². The quantitative estimate of drug-likeness (QED) is 0.676. The Hall–Kier alpha value is -3.08. The van der Waals surface area contributed by atoms with Gasteiger partial charge in [0.2, 0.25) is 0 Å². The maximum Gasteiger partial charge on any atom is 0.268 e. The van der Waals surface area contributed by atoms with Crippen molar-refractivity contribution in [1.82, 2.24) is 14.9 Å². The van der Waals surface area contributed by atoms with Crippen LogP contribution in [0.1, 0.15) is 45.4 Å². The molecule has 1 amide bonds. The molecule has 0 saturated heterocycles. The number of nitrogens with one attached hydrogen (secondary N) is 1. The maximum absolute atomic E-state index is 13.1. The smallest absolute Gasteiger partial charge is 0.268 e. The van der Waals surface area contributed by atoms with E-state index >= 15 is 0 Å². The molecule has 0 aliphatic rings. The highest BCUT2D eigenvalue weighted by atomic mass is 16.5. The fourth-order valence-electron chi connectivity index (χ4n) is 3.68. The van der Waals surface area contributed by atoms with Gasteiger partial charge in [0.25, 0.3) is 5.91 Å². The molecule has 3 rings (SSSR count). The molecule has 0 bridgehead atoms. The second kappa shape index (κ2) is 8.74. The van der Waals surface area contributed by atoms with Crippen molar-refractivity contribution in [1.29, 1.82) is 0 Å². The van der Waals surface area contributed by atoms with Crippen LogP contribution in [-0.2, 0) is 19.5 Å². The molecule has 0 radical (unpaired) electrons. The Morgan fingerprint density at radius 2 is 1.96 bits per heavy atom. The number of carbonyl (C=O) groups is 1. The van der Waals surface area contributed by atoms with Crippen LogP contribution in [-0.4, -0.2) is 22.6 Å². The second-order valence-corrected chi connectivity index (χ2v) is 6.87. The number of hydrogen-bond donors (Lipinski definition) is 1. The van der Waals surface area contributed by atoms with Crippen molar-refractivity contribution in [2.75, 3.05) is 7.11 Å². The van der Waals surface area contributed by atoms with E-state index in [1.54, 1.807) is 19.5 Å². The van der Waals surface area contributed by atoms with Crippen LogP contribution < -0.4 is 10.1 Å². The normalized spacial score (nSPS) is 10.7. The van der Waals surface area contributed by atoms with Gasteiger partial charge in [-0.05, 0) is 60.7 Å². The Labute approximate surface area is 166 Å². The summed E-state index contributed by atoms with van der Waals surface area (Å²) in [6.45, 7) is 7.33.